The monoisotopic (exact) mass is 509 g/mol. The first kappa shape index (κ1) is 24.6. The molecule has 0 bridgehead atoms. The molecular formula is C27H25Cl2N3O3. The lowest BCUT2D eigenvalue weighted by Crippen LogP contribution is -2.14. The van der Waals surface area contributed by atoms with Gasteiger partial charge < -0.3 is 14.8 Å². The number of ether oxygens (including phenoxy) is 2. The number of methoxy groups -OCH3 is 1. The van der Waals surface area contributed by atoms with E-state index < -0.39 is 0 Å². The molecule has 0 aliphatic rings. The van der Waals surface area contributed by atoms with Crippen molar-refractivity contribution >= 4 is 34.8 Å². The third kappa shape index (κ3) is 5.61. The lowest BCUT2D eigenvalue weighted by molar-refractivity contribution is 0.102. The Bertz CT molecular complexity index is 1350. The minimum atomic E-state index is -0.231. The van der Waals surface area contributed by atoms with E-state index in [0.29, 0.717) is 51.6 Å². The summed E-state index contributed by atoms with van der Waals surface area (Å²) >= 11 is 12.7. The molecule has 8 heteroatoms. The van der Waals surface area contributed by atoms with Gasteiger partial charge in [0, 0.05) is 21.2 Å². The highest BCUT2D eigenvalue weighted by atomic mass is 35.5. The summed E-state index contributed by atoms with van der Waals surface area (Å²) in [7, 11) is 1.60. The second kappa shape index (κ2) is 10.8. The van der Waals surface area contributed by atoms with Crippen LogP contribution in [0.5, 0.6) is 11.5 Å². The Morgan fingerprint density at radius 3 is 2.37 bits per heavy atom. The van der Waals surface area contributed by atoms with Crippen molar-refractivity contribution in [2.24, 2.45) is 0 Å². The second-order valence-corrected chi connectivity index (χ2v) is 8.81. The number of nitrogens with one attached hydrogen (secondary N) is 1. The molecule has 3 aromatic carbocycles. The Morgan fingerprint density at radius 2 is 1.66 bits per heavy atom. The fraction of sp³-hybridized carbons (Fsp3) is 0.185. The number of carbonyl (C=O) groups excluding carboxylic acids is 1. The van der Waals surface area contributed by atoms with Crippen LogP contribution < -0.4 is 14.8 Å². The predicted molar refractivity (Wildman–Crippen MR) is 139 cm³/mol. The number of para-hydroxylation sites is 2. The highest BCUT2D eigenvalue weighted by molar-refractivity contribution is 6.36. The average Bonchev–Trinajstić information content (AvgIpc) is 3.12. The molecule has 4 rings (SSSR count). The number of nitrogens with zero attached hydrogens (tertiary/aromatic N) is 2. The molecule has 0 unspecified atom stereocenters. The van der Waals surface area contributed by atoms with Crippen molar-refractivity contribution in [1.82, 2.24) is 9.78 Å². The van der Waals surface area contributed by atoms with E-state index in [9.17, 15) is 4.79 Å². The number of aromatic nitrogens is 2. The van der Waals surface area contributed by atoms with Crippen LogP contribution in [0.4, 0.5) is 5.69 Å². The van der Waals surface area contributed by atoms with Crippen LogP contribution in [-0.2, 0) is 13.2 Å². The molecule has 1 amide bonds. The van der Waals surface area contributed by atoms with Crippen molar-refractivity contribution in [1.29, 1.82) is 0 Å². The number of rotatable bonds is 8. The molecule has 35 heavy (non-hydrogen) atoms. The van der Waals surface area contributed by atoms with Gasteiger partial charge in [0.25, 0.3) is 5.91 Å². The molecule has 6 nitrogen and oxygen atoms in total. The van der Waals surface area contributed by atoms with Crippen LogP contribution in [0.3, 0.4) is 0 Å². The zero-order valence-corrected chi connectivity index (χ0v) is 21.2. The molecule has 180 valence electrons. The smallest absolute Gasteiger partial charge is 0.255 e. The van der Waals surface area contributed by atoms with Gasteiger partial charge in [-0.05, 0) is 55.8 Å². The number of benzene rings is 3. The number of anilines is 1. The predicted octanol–water partition coefficient (Wildman–Crippen LogP) is 6.69. The lowest BCUT2D eigenvalue weighted by atomic mass is 10.1. The largest absolute Gasteiger partial charge is 0.493 e. The Morgan fingerprint density at radius 1 is 0.971 bits per heavy atom. The van der Waals surface area contributed by atoms with Gasteiger partial charge >= 0.3 is 0 Å². The number of aryl methyl sites for hydroxylation is 1. The van der Waals surface area contributed by atoms with Crippen molar-refractivity contribution in [3.05, 3.63) is 105 Å². The maximum Gasteiger partial charge on any atom is 0.255 e. The summed E-state index contributed by atoms with van der Waals surface area (Å²) in [5.41, 5.74) is 4.33. The van der Waals surface area contributed by atoms with Crippen LogP contribution in [0.15, 0.2) is 66.7 Å². The van der Waals surface area contributed by atoms with E-state index in [1.165, 1.54) is 0 Å². The Kier molecular flexibility index (Phi) is 7.63. The van der Waals surface area contributed by atoms with E-state index in [0.717, 1.165) is 16.8 Å². The maximum atomic E-state index is 13.1. The zero-order chi connectivity index (χ0) is 24.9. The Balaban J connectivity index is 1.48. The zero-order valence-electron chi connectivity index (χ0n) is 19.6. The highest BCUT2D eigenvalue weighted by Gasteiger charge is 2.17. The van der Waals surface area contributed by atoms with E-state index in [2.05, 4.69) is 10.4 Å². The first-order valence-electron chi connectivity index (χ1n) is 11.0. The summed E-state index contributed by atoms with van der Waals surface area (Å²) in [6, 6.07) is 20.1. The van der Waals surface area contributed by atoms with Crippen molar-refractivity contribution in [3.8, 4) is 11.5 Å². The van der Waals surface area contributed by atoms with Crippen molar-refractivity contribution < 1.29 is 14.3 Å². The summed E-state index contributed by atoms with van der Waals surface area (Å²) in [4.78, 5) is 13.1. The molecule has 0 saturated carbocycles. The van der Waals surface area contributed by atoms with Gasteiger partial charge in [-0.1, -0.05) is 53.5 Å². The first-order chi connectivity index (χ1) is 16.9. The summed E-state index contributed by atoms with van der Waals surface area (Å²) in [6.45, 7) is 4.45. The number of amides is 1. The van der Waals surface area contributed by atoms with Gasteiger partial charge in [0.1, 0.15) is 6.61 Å². The maximum absolute atomic E-state index is 13.1. The molecule has 4 aromatic rings. The van der Waals surface area contributed by atoms with E-state index in [4.69, 9.17) is 32.7 Å². The summed E-state index contributed by atoms with van der Waals surface area (Å²) in [5, 5.41) is 8.73. The van der Waals surface area contributed by atoms with Gasteiger partial charge in [-0.3, -0.25) is 9.48 Å². The SMILES string of the molecule is COc1ccccc1OCc1cccc(C(=O)Nc2c(C)nn(Cc3c(Cl)cccc3Cl)c2C)c1. The van der Waals surface area contributed by atoms with Crippen LogP contribution in [0.25, 0.3) is 0 Å². The van der Waals surface area contributed by atoms with Crippen LogP contribution >= 0.6 is 23.2 Å². The molecule has 1 N–H and O–H groups in total. The molecular weight excluding hydrogens is 485 g/mol. The summed E-state index contributed by atoms with van der Waals surface area (Å²) in [6.07, 6.45) is 0. The lowest BCUT2D eigenvalue weighted by Gasteiger charge is -2.12. The second-order valence-electron chi connectivity index (χ2n) is 8.00. The molecule has 0 aliphatic carbocycles. The van der Waals surface area contributed by atoms with Gasteiger partial charge in [-0.25, -0.2) is 0 Å². The number of carbonyl (C=O) groups is 1. The third-order valence-electron chi connectivity index (χ3n) is 5.64. The molecule has 1 aromatic heterocycles. The quantitative estimate of drug-likeness (QED) is 0.287. The van der Waals surface area contributed by atoms with Gasteiger partial charge in [-0.2, -0.15) is 5.10 Å². The van der Waals surface area contributed by atoms with Crippen LogP contribution in [0, 0.1) is 13.8 Å². The van der Waals surface area contributed by atoms with Gasteiger partial charge in [-0.15, -0.1) is 0 Å². The van der Waals surface area contributed by atoms with Crippen LogP contribution in [0.2, 0.25) is 10.0 Å². The van der Waals surface area contributed by atoms with Crippen molar-refractivity contribution in [2.75, 3.05) is 12.4 Å². The molecule has 0 atom stereocenters. The Labute approximate surface area is 214 Å². The van der Waals surface area contributed by atoms with Crippen molar-refractivity contribution in [3.63, 3.8) is 0 Å². The number of hydrogen-bond acceptors (Lipinski definition) is 4. The van der Waals surface area contributed by atoms with Crippen LogP contribution in [-0.4, -0.2) is 22.8 Å². The molecule has 0 aliphatic heterocycles. The third-order valence-corrected chi connectivity index (χ3v) is 6.35. The highest BCUT2D eigenvalue weighted by Crippen LogP contribution is 2.28. The van der Waals surface area contributed by atoms with Gasteiger partial charge in [0.2, 0.25) is 0 Å². The molecule has 0 radical (unpaired) electrons. The number of halogens is 2. The minimum absolute atomic E-state index is 0.231. The average molecular weight is 510 g/mol. The number of hydrogen-bond donors (Lipinski definition) is 1. The molecule has 0 fully saturated rings. The first-order valence-corrected chi connectivity index (χ1v) is 11.8. The standard InChI is InChI=1S/C27H25Cl2N3O3/c1-17-26(18(2)32(31-17)15-21-22(28)10-7-11-23(21)29)30-27(33)20-9-6-8-19(14-20)16-35-25-13-5-4-12-24(25)34-3/h4-14H,15-16H2,1-3H3,(H,30,33). The fourth-order valence-electron chi connectivity index (χ4n) is 3.75. The van der Waals surface area contributed by atoms with Gasteiger partial charge in [0.15, 0.2) is 11.5 Å². The normalized spacial score (nSPS) is 10.8. The summed E-state index contributed by atoms with van der Waals surface area (Å²) in [5.74, 6) is 1.07. The van der Waals surface area contributed by atoms with E-state index in [1.807, 2.05) is 56.3 Å². The van der Waals surface area contributed by atoms with E-state index >= 15 is 0 Å². The molecule has 1 heterocycles. The molecule has 0 spiro atoms. The minimum Gasteiger partial charge on any atom is -0.493 e. The van der Waals surface area contributed by atoms with Gasteiger partial charge in [0.05, 0.1) is 30.7 Å². The van der Waals surface area contributed by atoms with Crippen LogP contribution in [0.1, 0.15) is 32.9 Å². The van der Waals surface area contributed by atoms with E-state index in [-0.39, 0.29) is 5.91 Å². The summed E-state index contributed by atoms with van der Waals surface area (Å²) < 4.78 is 13.0. The fourth-order valence-corrected chi connectivity index (χ4v) is 4.27. The van der Waals surface area contributed by atoms with Crippen molar-refractivity contribution in [2.45, 2.75) is 27.0 Å². The Hall–Kier alpha value is -3.48. The van der Waals surface area contributed by atoms with E-state index in [1.54, 1.807) is 36.1 Å². The molecule has 0 saturated heterocycles. The topological polar surface area (TPSA) is 65.4 Å².